The smallest absolute Gasteiger partial charge is 0.00884 e. The zero-order chi connectivity index (χ0) is 12.1. The second-order valence-corrected chi connectivity index (χ2v) is 6.02. The summed E-state index contributed by atoms with van der Waals surface area (Å²) in [6, 6.07) is 0.757. The molecule has 1 aliphatic rings. The fourth-order valence-corrected chi connectivity index (χ4v) is 2.89. The molecule has 0 saturated carbocycles. The predicted molar refractivity (Wildman–Crippen MR) is 71.7 cm³/mol. The molecule has 0 aliphatic carbocycles. The normalized spacial score (nSPS) is 20.2. The molecule has 0 amide bonds. The van der Waals surface area contributed by atoms with Crippen molar-refractivity contribution in [1.82, 2.24) is 10.2 Å². The lowest BCUT2D eigenvalue weighted by atomic mass is 9.84. The van der Waals surface area contributed by atoms with E-state index in [1.54, 1.807) is 0 Å². The van der Waals surface area contributed by atoms with Crippen molar-refractivity contribution >= 4 is 0 Å². The minimum Gasteiger partial charge on any atom is -0.317 e. The molecule has 0 aromatic carbocycles. The molecule has 0 radical (unpaired) electrons. The number of hydrogen-bond acceptors (Lipinski definition) is 2. The van der Waals surface area contributed by atoms with Crippen molar-refractivity contribution in [2.24, 2.45) is 17.8 Å². The third-order valence-corrected chi connectivity index (χ3v) is 4.18. The molecule has 1 aliphatic heterocycles. The van der Waals surface area contributed by atoms with Crippen molar-refractivity contribution in [3.8, 4) is 0 Å². The SMILES string of the molecule is CNC1CCN(CC(C(C)C)C(C)C)CC1. The van der Waals surface area contributed by atoms with Gasteiger partial charge in [0.15, 0.2) is 0 Å². The van der Waals surface area contributed by atoms with Gasteiger partial charge in [0.25, 0.3) is 0 Å². The standard InChI is InChI=1S/C14H30N2/c1-11(2)14(12(3)4)10-16-8-6-13(15-5)7-9-16/h11-15H,6-10H2,1-5H3. The van der Waals surface area contributed by atoms with Crippen molar-refractivity contribution in [3.63, 3.8) is 0 Å². The van der Waals surface area contributed by atoms with Crippen LogP contribution in [0.5, 0.6) is 0 Å². The van der Waals surface area contributed by atoms with Gasteiger partial charge in [-0.25, -0.2) is 0 Å². The van der Waals surface area contributed by atoms with Gasteiger partial charge in [-0.2, -0.15) is 0 Å². The second-order valence-electron chi connectivity index (χ2n) is 6.02. The minimum atomic E-state index is 0.757. The molecular formula is C14H30N2. The molecule has 0 unspecified atom stereocenters. The van der Waals surface area contributed by atoms with Crippen LogP contribution < -0.4 is 5.32 Å². The number of nitrogens with zero attached hydrogens (tertiary/aromatic N) is 1. The van der Waals surface area contributed by atoms with Crippen LogP contribution in [0.4, 0.5) is 0 Å². The summed E-state index contributed by atoms with van der Waals surface area (Å²) in [4.78, 5) is 2.67. The fourth-order valence-electron chi connectivity index (χ4n) is 2.89. The summed E-state index contributed by atoms with van der Waals surface area (Å²) in [5.74, 6) is 2.47. The van der Waals surface area contributed by atoms with E-state index in [9.17, 15) is 0 Å². The fraction of sp³-hybridized carbons (Fsp3) is 1.00. The Hall–Kier alpha value is -0.0800. The van der Waals surface area contributed by atoms with Gasteiger partial charge in [-0.05, 0) is 50.7 Å². The van der Waals surface area contributed by atoms with E-state index in [4.69, 9.17) is 0 Å². The van der Waals surface area contributed by atoms with Crippen LogP contribution in [0.3, 0.4) is 0 Å². The number of rotatable bonds is 5. The maximum absolute atomic E-state index is 3.40. The maximum Gasteiger partial charge on any atom is 0.00884 e. The van der Waals surface area contributed by atoms with E-state index in [0.29, 0.717) is 0 Å². The summed E-state index contributed by atoms with van der Waals surface area (Å²) in [5, 5.41) is 3.40. The largest absolute Gasteiger partial charge is 0.317 e. The Morgan fingerprint density at radius 1 is 1.06 bits per heavy atom. The molecule has 1 saturated heterocycles. The number of hydrogen-bond donors (Lipinski definition) is 1. The van der Waals surface area contributed by atoms with Crippen LogP contribution >= 0.6 is 0 Å². The Morgan fingerprint density at radius 3 is 1.94 bits per heavy atom. The molecule has 1 fully saturated rings. The number of likely N-dealkylation sites (tertiary alicyclic amines) is 1. The number of nitrogens with one attached hydrogen (secondary N) is 1. The van der Waals surface area contributed by atoms with E-state index >= 15 is 0 Å². The van der Waals surface area contributed by atoms with Crippen molar-refractivity contribution in [2.75, 3.05) is 26.7 Å². The van der Waals surface area contributed by atoms with Gasteiger partial charge in [0.2, 0.25) is 0 Å². The zero-order valence-electron chi connectivity index (χ0n) is 11.8. The number of piperidine rings is 1. The predicted octanol–water partition coefficient (Wildman–Crippen LogP) is 2.60. The summed E-state index contributed by atoms with van der Waals surface area (Å²) < 4.78 is 0. The molecule has 1 rings (SSSR count). The lowest BCUT2D eigenvalue weighted by Crippen LogP contribution is -2.44. The lowest BCUT2D eigenvalue weighted by molar-refractivity contribution is 0.134. The van der Waals surface area contributed by atoms with E-state index < -0.39 is 0 Å². The van der Waals surface area contributed by atoms with Crippen molar-refractivity contribution in [1.29, 1.82) is 0 Å². The molecule has 2 nitrogen and oxygen atoms in total. The average Bonchev–Trinajstić information content (AvgIpc) is 2.25. The van der Waals surface area contributed by atoms with E-state index in [1.165, 1.54) is 32.5 Å². The van der Waals surface area contributed by atoms with Crippen LogP contribution in [0.15, 0.2) is 0 Å². The van der Waals surface area contributed by atoms with Crippen molar-refractivity contribution < 1.29 is 0 Å². The Labute approximate surface area is 102 Å². The van der Waals surface area contributed by atoms with Crippen molar-refractivity contribution in [2.45, 2.75) is 46.6 Å². The molecule has 1 heterocycles. The van der Waals surface area contributed by atoms with Gasteiger partial charge in [-0.3, -0.25) is 0 Å². The van der Waals surface area contributed by atoms with Crippen LogP contribution in [0.1, 0.15) is 40.5 Å². The topological polar surface area (TPSA) is 15.3 Å². The van der Waals surface area contributed by atoms with Gasteiger partial charge in [-0.15, -0.1) is 0 Å². The molecule has 0 bridgehead atoms. The second kappa shape index (κ2) is 6.61. The first-order valence-corrected chi connectivity index (χ1v) is 6.94. The Morgan fingerprint density at radius 2 is 1.56 bits per heavy atom. The first-order valence-electron chi connectivity index (χ1n) is 6.94. The zero-order valence-corrected chi connectivity index (χ0v) is 11.8. The van der Waals surface area contributed by atoms with Crippen LogP contribution in [0.25, 0.3) is 0 Å². The molecule has 0 spiro atoms. The molecule has 0 aromatic rings. The molecule has 96 valence electrons. The third kappa shape index (κ3) is 4.06. The van der Waals surface area contributed by atoms with Crippen molar-refractivity contribution in [3.05, 3.63) is 0 Å². The highest BCUT2D eigenvalue weighted by atomic mass is 15.1. The van der Waals surface area contributed by atoms with Gasteiger partial charge in [-0.1, -0.05) is 27.7 Å². The Balaban J connectivity index is 2.36. The van der Waals surface area contributed by atoms with E-state index in [-0.39, 0.29) is 0 Å². The highest BCUT2D eigenvalue weighted by Crippen LogP contribution is 2.23. The Kier molecular flexibility index (Phi) is 5.77. The molecular weight excluding hydrogens is 196 g/mol. The van der Waals surface area contributed by atoms with E-state index in [0.717, 1.165) is 23.8 Å². The van der Waals surface area contributed by atoms with Gasteiger partial charge in [0.05, 0.1) is 0 Å². The van der Waals surface area contributed by atoms with Gasteiger partial charge >= 0.3 is 0 Å². The first kappa shape index (κ1) is 14.0. The molecule has 0 aromatic heterocycles. The highest BCUT2D eigenvalue weighted by molar-refractivity contribution is 4.79. The minimum absolute atomic E-state index is 0.757. The van der Waals surface area contributed by atoms with Crippen LogP contribution in [0, 0.1) is 17.8 Å². The van der Waals surface area contributed by atoms with Gasteiger partial charge in [0, 0.05) is 12.6 Å². The van der Waals surface area contributed by atoms with E-state index in [1.807, 2.05) is 0 Å². The average molecular weight is 226 g/mol. The summed E-state index contributed by atoms with van der Waals surface area (Å²) in [5.41, 5.74) is 0. The molecule has 0 atom stereocenters. The molecule has 2 heteroatoms. The maximum atomic E-state index is 3.40. The van der Waals surface area contributed by atoms with Gasteiger partial charge < -0.3 is 10.2 Å². The summed E-state index contributed by atoms with van der Waals surface area (Å²) >= 11 is 0. The van der Waals surface area contributed by atoms with Crippen LogP contribution in [-0.2, 0) is 0 Å². The first-order chi connectivity index (χ1) is 7.54. The van der Waals surface area contributed by atoms with Gasteiger partial charge in [0.1, 0.15) is 0 Å². The molecule has 16 heavy (non-hydrogen) atoms. The monoisotopic (exact) mass is 226 g/mol. The summed E-state index contributed by atoms with van der Waals surface area (Å²) in [6.45, 7) is 13.3. The summed E-state index contributed by atoms with van der Waals surface area (Å²) in [7, 11) is 2.09. The quantitative estimate of drug-likeness (QED) is 0.775. The summed E-state index contributed by atoms with van der Waals surface area (Å²) in [6.07, 6.45) is 2.64. The van der Waals surface area contributed by atoms with Crippen LogP contribution in [-0.4, -0.2) is 37.6 Å². The van der Waals surface area contributed by atoms with Crippen LogP contribution in [0.2, 0.25) is 0 Å². The highest BCUT2D eigenvalue weighted by Gasteiger charge is 2.23. The third-order valence-electron chi connectivity index (χ3n) is 4.18. The van der Waals surface area contributed by atoms with E-state index in [2.05, 4.69) is 45.0 Å². The lowest BCUT2D eigenvalue weighted by Gasteiger charge is -2.36. The molecule has 1 N–H and O–H groups in total. The Bertz CT molecular complexity index is 173.